The number of halogens is 3. The monoisotopic (exact) mass is 984 g/mol. The quantitative estimate of drug-likeness (QED) is 0.0498. The summed E-state index contributed by atoms with van der Waals surface area (Å²) in [4.78, 5) is 70.4. The Labute approximate surface area is 411 Å². The molecule has 0 bridgehead atoms. The van der Waals surface area contributed by atoms with Gasteiger partial charge in [-0.05, 0) is 104 Å². The van der Waals surface area contributed by atoms with E-state index in [2.05, 4.69) is 33.1 Å². The molecule has 2 saturated heterocycles. The summed E-state index contributed by atoms with van der Waals surface area (Å²) in [7, 11) is 0. The minimum atomic E-state index is -4.43. The molecule has 2 aliphatic heterocycles. The average Bonchev–Trinajstić information content (AvgIpc) is 3.96. The number of ether oxygens (including phenoxy) is 1. The number of nitrogens with zero attached hydrogens (tertiary/aromatic N) is 3. The molecule has 4 aromatic carbocycles. The van der Waals surface area contributed by atoms with E-state index in [1.54, 1.807) is 51.5 Å². The molecule has 0 saturated carbocycles. The summed E-state index contributed by atoms with van der Waals surface area (Å²) in [6.07, 6.45) is -0.0581. The second-order valence-corrected chi connectivity index (χ2v) is 20.0. The van der Waals surface area contributed by atoms with Crippen LogP contribution in [0.15, 0.2) is 90.4 Å². The van der Waals surface area contributed by atoms with Crippen LogP contribution in [0, 0.1) is 18.3 Å². The number of hydrogen-bond donors (Lipinski definition) is 4. The van der Waals surface area contributed by atoms with Crippen molar-refractivity contribution in [3.8, 4) is 21.9 Å². The molecule has 0 aliphatic carbocycles. The third-order valence-electron chi connectivity index (χ3n) is 12.5. The second-order valence-electron chi connectivity index (χ2n) is 19.1. The fourth-order valence-electron chi connectivity index (χ4n) is 8.34. The van der Waals surface area contributed by atoms with Crippen molar-refractivity contribution >= 4 is 52.1 Å². The van der Waals surface area contributed by atoms with Crippen LogP contribution in [-0.2, 0) is 25.4 Å². The van der Waals surface area contributed by atoms with Gasteiger partial charge in [0.2, 0.25) is 24.1 Å². The summed E-state index contributed by atoms with van der Waals surface area (Å²) in [5.41, 5.74) is 4.47. The van der Waals surface area contributed by atoms with Crippen LogP contribution in [0.25, 0.3) is 21.2 Å². The van der Waals surface area contributed by atoms with Gasteiger partial charge in [-0.3, -0.25) is 24.0 Å². The van der Waals surface area contributed by atoms with E-state index in [0.717, 1.165) is 53.4 Å². The Morgan fingerprint density at radius 3 is 2.17 bits per heavy atom. The SMILES string of the molecule is CC(C)(C)C(NC(=O)CCCCCCC(=O)NCC1CN(C(=O)c2ccc3c(Oc4ccc(C(F)(F)F)cc4)cccc3c2)C1)C(=O)N1CCC(O)C1.Cc1ncsc1-c1ccc([C@H](C)NC=O)cc1. The molecule has 13 nitrogen and oxygen atoms in total. The van der Waals surface area contributed by atoms with Crippen LogP contribution in [-0.4, -0.2) is 94.8 Å². The van der Waals surface area contributed by atoms with Crippen LogP contribution in [0.4, 0.5) is 13.2 Å². The maximum Gasteiger partial charge on any atom is 0.416 e. The number of thiazole rings is 1. The lowest BCUT2D eigenvalue weighted by Crippen LogP contribution is -2.54. The van der Waals surface area contributed by atoms with Crippen molar-refractivity contribution in [3.05, 3.63) is 113 Å². The van der Waals surface area contributed by atoms with Gasteiger partial charge in [0.25, 0.3) is 5.91 Å². The molecular weight excluding hydrogens is 922 g/mol. The van der Waals surface area contributed by atoms with E-state index in [4.69, 9.17) is 4.74 Å². The van der Waals surface area contributed by atoms with Crippen molar-refractivity contribution in [3.63, 3.8) is 0 Å². The lowest BCUT2D eigenvalue weighted by molar-refractivity contribution is -0.139. The first-order valence-corrected chi connectivity index (χ1v) is 24.6. The second kappa shape index (κ2) is 24.0. The van der Waals surface area contributed by atoms with E-state index in [1.807, 2.05) is 58.3 Å². The van der Waals surface area contributed by atoms with E-state index < -0.39 is 29.3 Å². The summed E-state index contributed by atoms with van der Waals surface area (Å²) in [6.45, 7) is 12.0. The Hall–Kier alpha value is -6.33. The largest absolute Gasteiger partial charge is 0.457 e. The number of fused-ring (bicyclic) bond motifs is 1. The van der Waals surface area contributed by atoms with Gasteiger partial charge in [-0.2, -0.15) is 13.2 Å². The van der Waals surface area contributed by atoms with Crippen LogP contribution < -0.4 is 20.7 Å². The zero-order chi connectivity index (χ0) is 50.6. The Bertz CT molecular complexity index is 2580. The number of β-amino-alcohol motifs (C(OH)–C–C–N with tert-alkyl or cyclic N) is 1. The molecule has 2 unspecified atom stereocenters. The summed E-state index contributed by atoms with van der Waals surface area (Å²) in [5, 5.41) is 19.9. The van der Waals surface area contributed by atoms with Gasteiger partial charge in [0.15, 0.2) is 0 Å². The number of carbonyl (C=O) groups excluding carboxylic acids is 5. The number of aliphatic hydroxyl groups is 1. The van der Waals surface area contributed by atoms with Gasteiger partial charge in [-0.25, -0.2) is 4.98 Å². The number of likely N-dealkylation sites (tertiary alicyclic amines) is 2. The van der Waals surface area contributed by atoms with Crippen molar-refractivity contribution in [2.75, 3.05) is 32.7 Å². The first-order valence-electron chi connectivity index (χ1n) is 23.7. The molecule has 0 radical (unpaired) electrons. The highest BCUT2D eigenvalue weighted by Crippen LogP contribution is 2.35. The van der Waals surface area contributed by atoms with Gasteiger partial charge in [0.1, 0.15) is 17.5 Å². The van der Waals surface area contributed by atoms with Crippen molar-refractivity contribution in [1.29, 1.82) is 0 Å². The van der Waals surface area contributed by atoms with Crippen molar-refractivity contribution in [2.45, 2.75) is 104 Å². The fraction of sp³-hybridized carbons (Fsp3) is 0.434. The highest BCUT2D eigenvalue weighted by molar-refractivity contribution is 7.13. The molecule has 2 fully saturated rings. The molecular formula is C53H63F3N6O7S. The van der Waals surface area contributed by atoms with Crippen LogP contribution in [0.5, 0.6) is 11.5 Å². The minimum Gasteiger partial charge on any atom is -0.457 e. The predicted octanol–water partition coefficient (Wildman–Crippen LogP) is 9.23. The van der Waals surface area contributed by atoms with E-state index in [-0.39, 0.29) is 41.3 Å². The molecule has 7 rings (SSSR count). The number of hydrogen-bond acceptors (Lipinski definition) is 9. The van der Waals surface area contributed by atoms with Gasteiger partial charge in [0, 0.05) is 62.4 Å². The number of unbranched alkanes of at least 4 members (excludes halogenated alkanes) is 3. The van der Waals surface area contributed by atoms with Crippen molar-refractivity contribution in [1.82, 2.24) is 30.7 Å². The topological polar surface area (TPSA) is 170 Å². The van der Waals surface area contributed by atoms with E-state index in [0.29, 0.717) is 76.1 Å². The minimum absolute atomic E-state index is 0.0455. The lowest BCUT2D eigenvalue weighted by atomic mass is 9.85. The first-order chi connectivity index (χ1) is 33.3. The number of alkyl halides is 3. The number of nitrogens with one attached hydrogen (secondary N) is 3. The van der Waals surface area contributed by atoms with Gasteiger partial charge < -0.3 is 35.6 Å². The van der Waals surface area contributed by atoms with Gasteiger partial charge >= 0.3 is 6.18 Å². The van der Waals surface area contributed by atoms with Crippen LogP contribution in [0.1, 0.15) is 106 Å². The zero-order valence-corrected chi connectivity index (χ0v) is 41.1. The van der Waals surface area contributed by atoms with Crippen LogP contribution in [0.3, 0.4) is 0 Å². The number of rotatable bonds is 18. The standard InChI is InChI=1S/C40H49F3N4O6.C13H14N2OS/c1-39(2,3)36(38(52)46-20-19-30(48)25-46)45-35(50)12-7-5-4-6-11-34(49)44-22-26-23-47(24-26)37(51)28-13-18-32-27(21-28)9-8-10-33(32)53-31-16-14-29(15-17-31)40(41,42)43;1-9(14-7-16)11-3-5-12(6-4-11)13-10(2)15-8-17-13/h8-10,13-18,21,26,30,36,48H,4-7,11-12,19-20,22-25H2,1-3H3,(H,44,49)(H,45,50);3-9H,1-2H3,(H,14,16)/t;9-/m.0/s1. The maximum absolute atomic E-state index is 13.2. The molecule has 1 aromatic heterocycles. The van der Waals surface area contributed by atoms with Crippen molar-refractivity contribution < 1.29 is 47.0 Å². The summed E-state index contributed by atoms with van der Waals surface area (Å²) >= 11 is 1.64. The highest BCUT2D eigenvalue weighted by Gasteiger charge is 2.38. The molecule has 0 spiro atoms. The highest BCUT2D eigenvalue weighted by atomic mass is 32.1. The Morgan fingerprint density at radius 2 is 1.57 bits per heavy atom. The van der Waals surface area contributed by atoms with E-state index in [1.165, 1.54) is 22.6 Å². The Balaban J connectivity index is 0.000000396. The summed E-state index contributed by atoms with van der Waals surface area (Å²) in [5.74, 6) is 0.379. The summed E-state index contributed by atoms with van der Waals surface area (Å²) in [6, 6.07) is 22.6. The molecule has 4 N–H and O–H groups in total. The Kier molecular flexibility index (Phi) is 18.2. The predicted molar refractivity (Wildman–Crippen MR) is 264 cm³/mol. The van der Waals surface area contributed by atoms with Gasteiger partial charge in [0.05, 0.1) is 33.8 Å². The molecule has 17 heteroatoms. The number of aromatic nitrogens is 1. The van der Waals surface area contributed by atoms with Crippen molar-refractivity contribution in [2.24, 2.45) is 11.3 Å². The number of aliphatic hydroxyl groups excluding tert-OH is 1. The molecule has 3 atom stereocenters. The maximum atomic E-state index is 13.2. The average molecular weight is 985 g/mol. The molecule has 2 aliphatic rings. The summed E-state index contributed by atoms with van der Waals surface area (Å²) < 4.78 is 44.6. The smallest absolute Gasteiger partial charge is 0.416 e. The molecule has 5 amide bonds. The lowest BCUT2D eigenvalue weighted by Gasteiger charge is -2.39. The number of amides is 5. The van der Waals surface area contributed by atoms with Crippen LogP contribution >= 0.6 is 11.3 Å². The third-order valence-corrected chi connectivity index (χ3v) is 13.5. The number of carbonyl (C=O) groups is 5. The first kappa shape index (κ1) is 53.0. The third kappa shape index (κ3) is 14.6. The van der Waals surface area contributed by atoms with Crippen LogP contribution in [0.2, 0.25) is 0 Å². The molecule has 374 valence electrons. The van der Waals surface area contributed by atoms with Gasteiger partial charge in [-0.15, -0.1) is 11.3 Å². The molecule has 70 heavy (non-hydrogen) atoms. The van der Waals surface area contributed by atoms with Gasteiger partial charge in [-0.1, -0.05) is 70.0 Å². The zero-order valence-electron chi connectivity index (χ0n) is 40.3. The van der Waals surface area contributed by atoms with E-state index in [9.17, 15) is 42.3 Å². The number of aryl methyl sites for hydroxylation is 1. The normalized spacial score (nSPS) is 15.8. The van der Waals surface area contributed by atoms with E-state index >= 15 is 0 Å². The molecule has 5 aromatic rings. The fourth-order valence-corrected chi connectivity index (χ4v) is 9.15. The Morgan fingerprint density at radius 1 is 0.886 bits per heavy atom. The molecule has 3 heterocycles. The number of benzene rings is 4.